The first-order valence-electron chi connectivity index (χ1n) is 7.86. The number of carbonyl (C=O) groups excluding carboxylic acids is 3. The van der Waals surface area contributed by atoms with E-state index in [4.69, 9.17) is 5.73 Å². The molecule has 0 spiro atoms. The Labute approximate surface area is 148 Å². The highest BCUT2D eigenvalue weighted by atomic mass is 32.1. The lowest BCUT2D eigenvalue weighted by Crippen LogP contribution is -2.28. The van der Waals surface area contributed by atoms with Gasteiger partial charge in [-0.3, -0.25) is 14.4 Å². The molecule has 0 aliphatic carbocycles. The Morgan fingerprint density at radius 2 is 2.08 bits per heavy atom. The maximum absolute atomic E-state index is 12.4. The molecule has 1 saturated heterocycles. The summed E-state index contributed by atoms with van der Waals surface area (Å²) >= 11 is 1.23. The highest BCUT2D eigenvalue weighted by Crippen LogP contribution is 2.23. The van der Waals surface area contributed by atoms with Crippen molar-refractivity contribution < 1.29 is 14.4 Å². The first-order valence-corrected chi connectivity index (χ1v) is 8.74. The Kier molecular flexibility index (Phi) is 5.08. The summed E-state index contributed by atoms with van der Waals surface area (Å²) in [5, 5.41) is 4.81. The second kappa shape index (κ2) is 7.43. The van der Waals surface area contributed by atoms with Gasteiger partial charge in [-0.05, 0) is 5.56 Å². The third-order valence-corrected chi connectivity index (χ3v) is 4.75. The summed E-state index contributed by atoms with van der Waals surface area (Å²) in [5.74, 6) is -1.14. The number of amides is 3. The summed E-state index contributed by atoms with van der Waals surface area (Å²) in [5.41, 5.74) is 6.69. The molecule has 0 saturated carbocycles. The van der Waals surface area contributed by atoms with Crippen LogP contribution < -0.4 is 11.1 Å². The third-order valence-electron chi connectivity index (χ3n) is 3.94. The number of anilines is 1. The fourth-order valence-corrected chi connectivity index (χ4v) is 3.45. The second-order valence-electron chi connectivity index (χ2n) is 5.94. The maximum Gasteiger partial charge on any atom is 0.231 e. The molecule has 2 aromatic rings. The van der Waals surface area contributed by atoms with Crippen molar-refractivity contribution in [3.8, 4) is 0 Å². The molecule has 0 unspecified atom stereocenters. The highest BCUT2D eigenvalue weighted by molar-refractivity contribution is 7.13. The summed E-state index contributed by atoms with van der Waals surface area (Å²) in [6.07, 6.45) is 0.233. The van der Waals surface area contributed by atoms with Crippen molar-refractivity contribution in [2.75, 3.05) is 11.9 Å². The number of carbonyl (C=O) groups is 3. The van der Waals surface area contributed by atoms with Gasteiger partial charge < -0.3 is 16.0 Å². The van der Waals surface area contributed by atoms with Crippen LogP contribution in [-0.2, 0) is 27.3 Å². The fourth-order valence-electron chi connectivity index (χ4n) is 2.74. The van der Waals surface area contributed by atoms with Gasteiger partial charge >= 0.3 is 0 Å². The number of rotatable bonds is 6. The van der Waals surface area contributed by atoms with Crippen LogP contribution in [0.25, 0.3) is 0 Å². The van der Waals surface area contributed by atoms with Crippen LogP contribution in [-0.4, -0.2) is 34.2 Å². The molecule has 8 heteroatoms. The van der Waals surface area contributed by atoms with Crippen LogP contribution in [0.2, 0.25) is 0 Å². The van der Waals surface area contributed by atoms with E-state index in [1.54, 1.807) is 10.3 Å². The van der Waals surface area contributed by atoms with Crippen molar-refractivity contribution in [2.45, 2.75) is 19.4 Å². The maximum atomic E-state index is 12.4. The number of nitrogens with zero attached hydrogens (tertiary/aromatic N) is 2. The lowest BCUT2D eigenvalue weighted by Gasteiger charge is -2.16. The van der Waals surface area contributed by atoms with Gasteiger partial charge in [0, 0.05) is 24.9 Å². The van der Waals surface area contributed by atoms with Gasteiger partial charge in [-0.15, -0.1) is 11.3 Å². The summed E-state index contributed by atoms with van der Waals surface area (Å²) in [6, 6.07) is 9.68. The van der Waals surface area contributed by atoms with Gasteiger partial charge in [0.05, 0.1) is 18.0 Å². The van der Waals surface area contributed by atoms with Crippen molar-refractivity contribution >= 4 is 34.2 Å². The zero-order valence-electron chi connectivity index (χ0n) is 13.5. The Bertz CT molecular complexity index is 790. The third kappa shape index (κ3) is 4.42. The van der Waals surface area contributed by atoms with Crippen LogP contribution in [0.4, 0.5) is 5.13 Å². The molecule has 130 valence electrons. The van der Waals surface area contributed by atoms with E-state index in [2.05, 4.69) is 10.3 Å². The molecule has 1 aliphatic heterocycles. The summed E-state index contributed by atoms with van der Waals surface area (Å²) in [7, 11) is 0. The number of primary amides is 1. The predicted octanol–water partition coefficient (Wildman–Crippen LogP) is 1.16. The number of thiazole rings is 1. The summed E-state index contributed by atoms with van der Waals surface area (Å²) < 4.78 is 0. The van der Waals surface area contributed by atoms with Gasteiger partial charge in [0.15, 0.2) is 5.13 Å². The van der Waals surface area contributed by atoms with Crippen LogP contribution in [0.1, 0.15) is 17.7 Å². The van der Waals surface area contributed by atoms with Gasteiger partial charge in [-0.1, -0.05) is 30.3 Å². The van der Waals surface area contributed by atoms with Crippen molar-refractivity contribution in [1.29, 1.82) is 0 Å². The molecule has 3 rings (SSSR count). The Morgan fingerprint density at radius 1 is 1.32 bits per heavy atom. The normalized spacial score (nSPS) is 16.9. The quantitative estimate of drug-likeness (QED) is 0.808. The Hall–Kier alpha value is -2.74. The molecular weight excluding hydrogens is 340 g/mol. The lowest BCUT2D eigenvalue weighted by atomic mass is 10.1. The van der Waals surface area contributed by atoms with Gasteiger partial charge in [-0.2, -0.15) is 0 Å². The average Bonchev–Trinajstić information content (AvgIpc) is 3.15. The SMILES string of the molecule is NC(=O)Cc1csc(NC(=O)[C@H]2CC(=O)N(Cc3ccccc3)C2)n1. The van der Waals surface area contributed by atoms with Gasteiger partial charge in [0.1, 0.15) is 0 Å². The Balaban J connectivity index is 1.57. The zero-order valence-corrected chi connectivity index (χ0v) is 14.3. The molecule has 0 bridgehead atoms. The molecule has 25 heavy (non-hydrogen) atoms. The highest BCUT2D eigenvalue weighted by Gasteiger charge is 2.34. The molecule has 1 aromatic carbocycles. The van der Waals surface area contributed by atoms with E-state index in [1.165, 1.54) is 11.3 Å². The van der Waals surface area contributed by atoms with Crippen molar-refractivity contribution in [3.63, 3.8) is 0 Å². The number of nitrogens with one attached hydrogen (secondary N) is 1. The van der Waals surface area contributed by atoms with Crippen LogP contribution in [0.3, 0.4) is 0 Å². The largest absolute Gasteiger partial charge is 0.369 e. The second-order valence-corrected chi connectivity index (χ2v) is 6.80. The number of likely N-dealkylation sites (tertiary alicyclic amines) is 1. The minimum atomic E-state index is -0.471. The first-order chi connectivity index (χ1) is 12.0. The smallest absolute Gasteiger partial charge is 0.231 e. The minimum Gasteiger partial charge on any atom is -0.369 e. The van der Waals surface area contributed by atoms with Crippen molar-refractivity contribution in [3.05, 3.63) is 47.0 Å². The van der Waals surface area contributed by atoms with E-state index in [0.717, 1.165) is 5.56 Å². The molecular formula is C17H18N4O3S. The molecule has 1 atom stereocenters. The van der Waals surface area contributed by atoms with Crippen LogP contribution in [0, 0.1) is 5.92 Å². The molecule has 2 heterocycles. The Morgan fingerprint density at radius 3 is 2.80 bits per heavy atom. The minimum absolute atomic E-state index is 0.0300. The average molecular weight is 358 g/mol. The summed E-state index contributed by atoms with van der Waals surface area (Å²) in [6.45, 7) is 0.891. The first kappa shape index (κ1) is 17.1. The van der Waals surface area contributed by atoms with Crippen molar-refractivity contribution in [2.24, 2.45) is 11.7 Å². The van der Waals surface area contributed by atoms with E-state index >= 15 is 0 Å². The molecule has 1 aliphatic rings. The molecule has 3 N–H and O–H groups in total. The van der Waals surface area contributed by atoms with E-state index in [0.29, 0.717) is 23.9 Å². The number of hydrogen-bond acceptors (Lipinski definition) is 5. The standard InChI is InChI=1S/C17H18N4O3S/c18-14(22)7-13-10-25-17(19-13)20-16(24)12-6-15(23)21(9-12)8-11-4-2-1-3-5-11/h1-5,10,12H,6-9H2,(H2,18,22)(H,19,20,24)/t12-/m0/s1. The lowest BCUT2D eigenvalue weighted by molar-refractivity contribution is -0.128. The van der Waals surface area contributed by atoms with E-state index in [-0.39, 0.29) is 24.7 Å². The van der Waals surface area contributed by atoms with Crippen LogP contribution in [0.5, 0.6) is 0 Å². The number of hydrogen-bond donors (Lipinski definition) is 2. The van der Waals surface area contributed by atoms with Crippen molar-refractivity contribution in [1.82, 2.24) is 9.88 Å². The topological polar surface area (TPSA) is 105 Å². The van der Waals surface area contributed by atoms with Gasteiger partial charge in [0.2, 0.25) is 17.7 Å². The number of aromatic nitrogens is 1. The number of nitrogens with two attached hydrogens (primary N) is 1. The molecule has 1 aromatic heterocycles. The molecule has 7 nitrogen and oxygen atoms in total. The zero-order chi connectivity index (χ0) is 17.8. The van der Waals surface area contributed by atoms with Gasteiger partial charge in [-0.25, -0.2) is 4.98 Å². The molecule has 3 amide bonds. The van der Waals surface area contributed by atoms with E-state index < -0.39 is 11.8 Å². The van der Waals surface area contributed by atoms with Crippen LogP contribution in [0.15, 0.2) is 35.7 Å². The number of benzene rings is 1. The van der Waals surface area contributed by atoms with E-state index in [9.17, 15) is 14.4 Å². The molecule has 0 radical (unpaired) electrons. The fraction of sp³-hybridized carbons (Fsp3) is 0.294. The summed E-state index contributed by atoms with van der Waals surface area (Å²) in [4.78, 5) is 41.3. The predicted molar refractivity (Wildman–Crippen MR) is 93.6 cm³/mol. The van der Waals surface area contributed by atoms with E-state index in [1.807, 2.05) is 30.3 Å². The monoisotopic (exact) mass is 358 g/mol. The van der Waals surface area contributed by atoms with Gasteiger partial charge in [0.25, 0.3) is 0 Å². The molecule has 1 fully saturated rings. The van der Waals surface area contributed by atoms with Crippen LogP contribution >= 0.6 is 11.3 Å².